The number of halogens is 2. The second-order valence-corrected chi connectivity index (χ2v) is 6.77. The molecule has 1 aromatic carbocycles. The second kappa shape index (κ2) is 6.06. The van der Waals surface area contributed by atoms with E-state index in [9.17, 15) is 8.42 Å². The van der Waals surface area contributed by atoms with Gasteiger partial charge in [-0.1, -0.05) is 17.7 Å². The largest absolute Gasteiger partial charge is 0.398 e. The highest BCUT2D eigenvalue weighted by molar-refractivity contribution is 9.10. The molecule has 0 radical (unpaired) electrons. The lowest BCUT2D eigenvalue weighted by Crippen LogP contribution is -2.32. The van der Waals surface area contributed by atoms with Crippen LogP contribution in [0.4, 0.5) is 5.69 Å². The fraction of sp³-hybridized carbons (Fsp3) is 0.273. The first-order chi connectivity index (χ1) is 8.27. The van der Waals surface area contributed by atoms with E-state index in [1.165, 1.54) is 12.1 Å². The van der Waals surface area contributed by atoms with Crippen LogP contribution in [0.1, 0.15) is 13.3 Å². The molecular weight excluding hydrogens is 340 g/mol. The monoisotopic (exact) mass is 352 g/mol. The van der Waals surface area contributed by atoms with Gasteiger partial charge in [-0.2, -0.15) is 0 Å². The predicted molar refractivity (Wildman–Crippen MR) is 78.2 cm³/mol. The van der Waals surface area contributed by atoms with Gasteiger partial charge < -0.3 is 5.73 Å². The number of sulfonamides is 1. The topological polar surface area (TPSA) is 72.2 Å². The summed E-state index contributed by atoms with van der Waals surface area (Å²) in [5, 5.41) is 0.271. The first-order valence-electron chi connectivity index (χ1n) is 5.15. The van der Waals surface area contributed by atoms with Crippen LogP contribution in [0.25, 0.3) is 0 Å². The van der Waals surface area contributed by atoms with E-state index in [0.29, 0.717) is 10.9 Å². The normalized spacial score (nSPS) is 13.3. The zero-order valence-electron chi connectivity index (χ0n) is 9.78. The smallest absolute Gasteiger partial charge is 0.242 e. The number of anilines is 1. The predicted octanol–water partition coefficient (Wildman–Crippen LogP) is 2.93. The Kier molecular flexibility index (Phi) is 5.21. The molecule has 0 amide bonds. The SMILES string of the molecule is C=CCC(C)NS(=O)(=O)c1cc(Cl)cc(N)c1Br. The second-order valence-electron chi connectivity index (χ2n) is 3.85. The minimum Gasteiger partial charge on any atom is -0.398 e. The van der Waals surface area contributed by atoms with Gasteiger partial charge in [-0.3, -0.25) is 0 Å². The number of nitrogens with one attached hydrogen (secondary N) is 1. The van der Waals surface area contributed by atoms with Gasteiger partial charge in [0.05, 0.1) is 9.37 Å². The summed E-state index contributed by atoms with van der Waals surface area (Å²) in [5.41, 5.74) is 5.95. The minimum absolute atomic E-state index is 0.0309. The van der Waals surface area contributed by atoms with Gasteiger partial charge in [0, 0.05) is 16.8 Å². The molecule has 1 atom stereocenters. The molecule has 0 spiro atoms. The highest BCUT2D eigenvalue weighted by atomic mass is 79.9. The van der Waals surface area contributed by atoms with Crippen LogP contribution in [0.15, 0.2) is 34.2 Å². The van der Waals surface area contributed by atoms with Crippen molar-refractivity contribution in [2.75, 3.05) is 5.73 Å². The molecule has 0 aliphatic rings. The molecule has 4 nitrogen and oxygen atoms in total. The van der Waals surface area contributed by atoms with Crippen molar-refractivity contribution in [1.29, 1.82) is 0 Å². The van der Waals surface area contributed by atoms with E-state index in [1.54, 1.807) is 13.0 Å². The molecule has 0 saturated heterocycles. The third-order valence-corrected chi connectivity index (χ3v) is 5.18. The van der Waals surface area contributed by atoms with Crippen LogP contribution in [0.3, 0.4) is 0 Å². The van der Waals surface area contributed by atoms with E-state index in [0.717, 1.165) is 0 Å². The van der Waals surface area contributed by atoms with E-state index in [1.807, 2.05) is 0 Å². The van der Waals surface area contributed by atoms with Gasteiger partial charge in [0.2, 0.25) is 10.0 Å². The number of rotatable bonds is 5. The number of benzene rings is 1. The molecule has 0 heterocycles. The molecule has 7 heteroatoms. The van der Waals surface area contributed by atoms with Crippen molar-refractivity contribution >= 4 is 43.2 Å². The van der Waals surface area contributed by atoms with Crippen molar-refractivity contribution in [1.82, 2.24) is 4.72 Å². The molecule has 0 fully saturated rings. The van der Waals surface area contributed by atoms with Crippen molar-refractivity contribution < 1.29 is 8.42 Å². The standard InChI is InChI=1S/C11H14BrClN2O2S/c1-3-4-7(2)15-18(16,17)10-6-8(13)5-9(14)11(10)12/h3,5-7,15H,1,4,14H2,2H3. The Labute approximate surface area is 120 Å². The maximum absolute atomic E-state index is 12.2. The molecule has 0 bridgehead atoms. The lowest BCUT2D eigenvalue weighted by Gasteiger charge is -2.14. The Hall–Kier alpha value is -0.560. The summed E-state index contributed by atoms with van der Waals surface area (Å²) in [5.74, 6) is 0. The fourth-order valence-corrected chi connectivity index (χ4v) is 3.95. The van der Waals surface area contributed by atoms with Crippen molar-refractivity contribution in [2.45, 2.75) is 24.3 Å². The summed E-state index contributed by atoms with van der Waals surface area (Å²) in [6, 6.07) is 2.59. The summed E-state index contributed by atoms with van der Waals surface area (Å²) in [6.45, 7) is 5.32. The highest BCUT2D eigenvalue weighted by Crippen LogP contribution is 2.31. The van der Waals surface area contributed by atoms with Crippen molar-refractivity contribution in [2.24, 2.45) is 0 Å². The fourth-order valence-electron chi connectivity index (χ4n) is 1.41. The number of nitrogen functional groups attached to an aromatic ring is 1. The van der Waals surface area contributed by atoms with E-state index >= 15 is 0 Å². The Bertz CT molecular complexity index is 560. The molecule has 1 rings (SSSR count). The Balaban J connectivity index is 3.16. The molecule has 18 heavy (non-hydrogen) atoms. The molecule has 0 aliphatic carbocycles. The molecule has 3 N–H and O–H groups in total. The van der Waals surface area contributed by atoms with Gasteiger partial charge >= 0.3 is 0 Å². The van der Waals surface area contributed by atoms with E-state index in [2.05, 4.69) is 27.2 Å². The van der Waals surface area contributed by atoms with Crippen LogP contribution in [0.5, 0.6) is 0 Å². The summed E-state index contributed by atoms with van der Waals surface area (Å²) in [7, 11) is -3.67. The molecular formula is C11H14BrClN2O2S. The zero-order valence-corrected chi connectivity index (χ0v) is 12.9. The van der Waals surface area contributed by atoms with Crippen LogP contribution in [0, 0.1) is 0 Å². The van der Waals surface area contributed by atoms with Crippen molar-refractivity contribution in [3.8, 4) is 0 Å². The van der Waals surface area contributed by atoms with E-state index in [-0.39, 0.29) is 21.6 Å². The van der Waals surface area contributed by atoms with Gasteiger partial charge in [0.1, 0.15) is 0 Å². The average molecular weight is 354 g/mol. The summed E-state index contributed by atoms with van der Waals surface area (Å²) in [6.07, 6.45) is 2.18. The number of hydrogen-bond donors (Lipinski definition) is 2. The summed E-state index contributed by atoms with van der Waals surface area (Å²) in [4.78, 5) is 0.0309. The molecule has 100 valence electrons. The Morgan fingerprint density at radius 2 is 2.22 bits per heavy atom. The Morgan fingerprint density at radius 3 is 2.78 bits per heavy atom. The van der Waals surface area contributed by atoms with Crippen molar-refractivity contribution in [3.63, 3.8) is 0 Å². The zero-order chi connectivity index (χ0) is 13.9. The van der Waals surface area contributed by atoms with Crippen LogP contribution in [-0.2, 0) is 10.0 Å². The van der Waals surface area contributed by atoms with Gasteiger partial charge in [-0.25, -0.2) is 13.1 Å². The maximum atomic E-state index is 12.2. The molecule has 1 aromatic rings. The van der Waals surface area contributed by atoms with Crippen LogP contribution in [0.2, 0.25) is 5.02 Å². The third kappa shape index (κ3) is 3.71. The van der Waals surface area contributed by atoms with Gasteiger partial charge in [-0.15, -0.1) is 6.58 Å². The van der Waals surface area contributed by atoms with E-state index in [4.69, 9.17) is 17.3 Å². The summed E-state index contributed by atoms with van der Waals surface area (Å²) >= 11 is 8.97. The lowest BCUT2D eigenvalue weighted by atomic mass is 10.3. The first kappa shape index (κ1) is 15.5. The number of hydrogen-bond acceptors (Lipinski definition) is 3. The number of nitrogens with two attached hydrogens (primary N) is 1. The molecule has 0 aromatic heterocycles. The minimum atomic E-state index is -3.67. The Morgan fingerprint density at radius 1 is 1.61 bits per heavy atom. The van der Waals surface area contributed by atoms with E-state index < -0.39 is 10.0 Å². The van der Waals surface area contributed by atoms with Gasteiger partial charge in [-0.05, 0) is 41.4 Å². The van der Waals surface area contributed by atoms with Gasteiger partial charge in [0.15, 0.2) is 0 Å². The highest BCUT2D eigenvalue weighted by Gasteiger charge is 2.21. The molecule has 0 aliphatic heterocycles. The van der Waals surface area contributed by atoms with Gasteiger partial charge in [0.25, 0.3) is 0 Å². The molecule has 0 saturated carbocycles. The quantitative estimate of drug-likeness (QED) is 0.631. The third-order valence-electron chi connectivity index (χ3n) is 2.20. The van der Waals surface area contributed by atoms with Crippen molar-refractivity contribution in [3.05, 3.63) is 34.3 Å². The maximum Gasteiger partial charge on any atom is 0.242 e. The summed E-state index contributed by atoms with van der Waals surface area (Å²) < 4.78 is 27.1. The van der Waals surface area contributed by atoms with Crippen LogP contribution < -0.4 is 10.5 Å². The molecule has 1 unspecified atom stereocenters. The lowest BCUT2D eigenvalue weighted by molar-refractivity contribution is 0.562. The van der Waals surface area contributed by atoms with Crippen LogP contribution >= 0.6 is 27.5 Å². The average Bonchev–Trinajstić information content (AvgIpc) is 2.22. The van der Waals surface area contributed by atoms with Crippen LogP contribution in [-0.4, -0.2) is 14.5 Å². The first-order valence-corrected chi connectivity index (χ1v) is 7.81.